The molecule has 0 bridgehead atoms. The topological polar surface area (TPSA) is 86.8 Å². The number of carbonyl (C=O) groups is 2. The number of carbonyl (C=O) groups excluding carboxylic acids is 2. The predicted octanol–water partition coefficient (Wildman–Crippen LogP) is 4.62. The summed E-state index contributed by atoms with van der Waals surface area (Å²) in [7, 11) is -3.79. The molecule has 0 saturated carbocycles. The van der Waals surface area contributed by atoms with Crippen LogP contribution in [0.15, 0.2) is 78.9 Å². The van der Waals surface area contributed by atoms with Crippen molar-refractivity contribution in [1.29, 1.82) is 0 Å². The molecule has 0 fully saturated rings. The van der Waals surface area contributed by atoms with Crippen LogP contribution in [0.25, 0.3) is 0 Å². The van der Waals surface area contributed by atoms with Gasteiger partial charge in [0.2, 0.25) is 21.8 Å². The Labute approximate surface area is 232 Å². The molecule has 0 saturated heterocycles. The monoisotopic (exact) mass is 549 g/mol. The molecule has 39 heavy (non-hydrogen) atoms. The number of benzene rings is 3. The van der Waals surface area contributed by atoms with E-state index in [1.54, 1.807) is 24.3 Å². The highest BCUT2D eigenvalue weighted by Gasteiger charge is 2.34. The molecular formula is C31H39N3O4S. The fourth-order valence-electron chi connectivity index (χ4n) is 4.30. The Hall–Kier alpha value is -3.65. The highest BCUT2D eigenvalue weighted by molar-refractivity contribution is 7.92. The minimum atomic E-state index is -3.79. The summed E-state index contributed by atoms with van der Waals surface area (Å²) in [6.07, 6.45) is 1.36. The molecule has 0 aliphatic rings. The summed E-state index contributed by atoms with van der Waals surface area (Å²) in [5, 5.41) is 3.03. The maximum absolute atomic E-state index is 14.1. The van der Waals surface area contributed by atoms with Gasteiger partial charge in [-0.3, -0.25) is 13.9 Å². The number of nitrogens with one attached hydrogen (secondary N) is 1. The van der Waals surface area contributed by atoms with Gasteiger partial charge >= 0.3 is 0 Å². The van der Waals surface area contributed by atoms with Gasteiger partial charge in [0, 0.05) is 18.5 Å². The lowest BCUT2D eigenvalue weighted by atomic mass is 10.00. The first-order valence-electron chi connectivity index (χ1n) is 13.0. The molecule has 0 spiro atoms. The fraction of sp³-hybridized carbons (Fsp3) is 0.355. The average Bonchev–Trinajstić information content (AvgIpc) is 2.85. The molecule has 0 radical (unpaired) electrons. The summed E-state index contributed by atoms with van der Waals surface area (Å²) in [5.41, 5.74) is 3.60. The number of sulfonamides is 1. The van der Waals surface area contributed by atoms with Crippen LogP contribution in [-0.4, -0.2) is 49.5 Å². The number of rotatable bonds is 10. The molecule has 208 valence electrons. The molecular weight excluding hydrogens is 510 g/mol. The predicted molar refractivity (Wildman–Crippen MR) is 157 cm³/mol. The van der Waals surface area contributed by atoms with E-state index in [0.717, 1.165) is 32.8 Å². The van der Waals surface area contributed by atoms with Crippen LogP contribution in [0.3, 0.4) is 0 Å². The lowest BCUT2D eigenvalue weighted by molar-refractivity contribution is -0.140. The molecule has 3 aromatic rings. The smallest absolute Gasteiger partial charge is 0.244 e. The van der Waals surface area contributed by atoms with Gasteiger partial charge in [-0.1, -0.05) is 72.3 Å². The molecule has 8 heteroatoms. The van der Waals surface area contributed by atoms with Crippen molar-refractivity contribution in [1.82, 2.24) is 10.2 Å². The standard InChI is InChI=1S/C31H39N3O4S/c1-23-16-18-27(19-17-23)34(39(6,37)38)22-29(35)33(21-26-15-11-10-12-24(26)2)28(30(36)32-31(3,4)5)20-25-13-8-7-9-14-25/h7-19,28H,20-22H2,1-6H3,(H,32,36). The quantitative estimate of drug-likeness (QED) is 0.400. The largest absolute Gasteiger partial charge is 0.350 e. The zero-order valence-electron chi connectivity index (χ0n) is 23.6. The molecule has 7 nitrogen and oxygen atoms in total. The Morgan fingerprint density at radius 2 is 1.46 bits per heavy atom. The van der Waals surface area contributed by atoms with Crippen LogP contribution in [0.4, 0.5) is 5.69 Å². The second-order valence-electron chi connectivity index (χ2n) is 11.0. The minimum Gasteiger partial charge on any atom is -0.350 e. The zero-order valence-corrected chi connectivity index (χ0v) is 24.5. The van der Waals surface area contributed by atoms with Crippen molar-refractivity contribution in [3.8, 4) is 0 Å². The molecule has 2 amide bonds. The lowest BCUT2D eigenvalue weighted by Crippen LogP contribution is -2.56. The second kappa shape index (κ2) is 12.5. The van der Waals surface area contributed by atoms with Crippen molar-refractivity contribution >= 4 is 27.5 Å². The molecule has 1 atom stereocenters. The van der Waals surface area contributed by atoms with Crippen LogP contribution >= 0.6 is 0 Å². The van der Waals surface area contributed by atoms with E-state index >= 15 is 0 Å². The Morgan fingerprint density at radius 1 is 0.872 bits per heavy atom. The number of amides is 2. The van der Waals surface area contributed by atoms with Crippen molar-refractivity contribution in [3.63, 3.8) is 0 Å². The number of aryl methyl sites for hydroxylation is 2. The zero-order chi connectivity index (χ0) is 28.8. The van der Waals surface area contributed by atoms with Crippen LogP contribution in [0.5, 0.6) is 0 Å². The summed E-state index contributed by atoms with van der Waals surface area (Å²) in [6, 6.07) is 23.3. The highest BCUT2D eigenvalue weighted by atomic mass is 32.2. The third kappa shape index (κ3) is 8.68. The van der Waals surface area contributed by atoms with E-state index in [9.17, 15) is 18.0 Å². The van der Waals surface area contributed by atoms with Crippen molar-refractivity contribution in [2.75, 3.05) is 17.1 Å². The second-order valence-corrected chi connectivity index (χ2v) is 12.9. The van der Waals surface area contributed by atoms with Gasteiger partial charge in [-0.25, -0.2) is 8.42 Å². The molecule has 0 aliphatic heterocycles. The number of hydrogen-bond donors (Lipinski definition) is 1. The molecule has 1 unspecified atom stereocenters. The molecule has 3 rings (SSSR count). The minimum absolute atomic E-state index is 0.159. The maximum atomic E-state index is 14.1. The van der Waals surface area contributed by atoms with Crippen LogP contribution in [-0.2, 0) is 32.6 Å². The molecule has 0 heterocycles. The van der Waals surface area contributed by atoms with Gasteiger partial charge in [-0.15, -0.1) is 0 Å². The molecule has 1 N–H and O–H groups in total. The molecule has 0 aromatic heterocycles. The summed E-state index contributed by atoms with van der Waals surface area (Å²) < 4.78 is 26.8. The van der Waals surface area contributed by atoms with E-state index in [0.29, 0.717) is 5.69 Å². The number of hydrogen-bond acceptors (Lipinski definition) is 4. The summed E-state index contributed by atoms with van der Waals surface area (Å²) in [4.78, 5) is 29.4. The fourth-order valence-corrected chi connectivity index (χ4v) is 5.15. The average molecular weight is 550 g/mol. The Kier molecular flexibility index (Phi) is 9.56. The summed E-state index contributed by atoms with van der Waals surface area (Å²) >= 11 is 0. The SMILES string of the molecule is Cc1ccc(N(CC(=O)N(Cc2ccccc2C)C(Cc2ccccc2)C(=O)NC(C)(C)C)S(C)(=O)=O)cc1. The van der Waals surface area contributed by atoms with Gasteiger partial charge in [0.15, 0.2) is 0 Å². The Balaban J connectivity index is 2.08. The van der Waals surface area contributed by atoms with Crippen molar-refractivity contribution in [3.05, 3.63) is 101 Å². The summed E-state index contributed by atoms with van der Waals surface area (Å²) in [5.74, 6) is -0.760. The van der Waals surface area contributed by atoms with E-state index in [4.69, 9.17) is 0 Å². The van der Waals surface area contributed by atoms with Crippen molar-refractivity contribution in [2.45, 2.75) is 59.2 Å². The first-order valence-corrected chi connectivity index (χ1v) is 14.8. The van der Waals surface area contributed by atoms with Crippen LogP contribution in [0.2, 0.25) is 0 Å². The van der Waals surface area contributed by atoms with E-state index in [1.165, 1.54) is 4.90 Å². The Bertz CT molecular complexity index is 1380. The first-order chi connectivity index (χ1) is 18.2. The molecule has 3 aromatic carbocycles. The third-order valence-corrected chi connectivity index (χ3v) is 7.51. The number of nitrogens with zero attached hydrogens (tertiary/aromatic N) is 2. The lowest BCUT2D eigenvalue weighted by Gasteiger charge is -2.35. The van der Waals surface area contributed by atoms with E-state index < -0.39 is 34.1 Å². The van der Waals surface area contributed by atoms with Gasteiger partial charge in [0.05, 0.1) is 11.9 Å². The number of anilines is 1. The Morgan fingerprint density at radius 3 is 2.03 bits per heavy atom. The maximum Gasteiger partial charge on any atom is 0.244 e. The van der Waals surface area contributed by atoms with Gasteiger partial charge < -0.3 is 10.2 Å². The van der Waals surface area contributed by atoms with Crippen molar-refractivity contribution in [2.24, 2.45) is 0 Å². The van der Waals surface area contributed by atoms with E-state index in [2.05, 4.69) is 5.32 Å². The van der Waals surface area contributed by atoms with Gasteiger partial charge in [-0.05, 0) is 63.4 Å². The van der Waals surface area contributed by atoms with Crippen LogP contribution in [0, 0.1) is 13.8 Å². The van der Waals surface area contributed by atoms with Crippen LogP contribution in [0.1, 0.15) is 43.0 Å². The van der Waals surface area contributed by atoms with Crippen LogP contribution < -0.4 is 9.62 Å². The normalized spacial score (nSPS) is 12.5. The first kappa shape index (κ1) is 29.9. The van der Waals surface area contributed by atoms with Gasteiger partial charge in [-0.2, -0.15) is 0 Å². The molecule has 0 aliphatic carbocycles. The highest BCUT2D eigenvalue weighted by Crippen LogP contribution is 2.22. The third-order valence-electron chi connectivity index (χ3n) is 6.37. The van der Waals surface area contributed by atoms with Crippen molar-refractivity contribution < 1.29 is 18.0 Å². The van der Waals surface area contributed by atoms with E-state index in [-0.39, 0.29) is 18.9 Å². The van der Waals surface area contributed by atoms with Gasteiger partial charge in [0.1, 0.15) is 12.6 Å². The summed E-state index contributed by atoms with van der Waals surface area (Å²) in [6.45, 7) is 9.26. The van der Waals surface area contributed by atoms with Gasteiger partial charge in [0.25, 0.3) is 0 Å². The van der Waals surface area contributed by atoms with E-state index in [1.807, 2.05) is 89.2 Å².